The molecule has 8 atom stereocenters. The van der Waals surface area contributed by atoms with Crippen molar-refractivity contribution in [3.63, 3.8) is 0 Å². The van der Waals surface area contributed by atoms with Crippen LogP contribution in [-0.2, 0) is 28.5 Å². The average molecular weight is 614 g/mol. The summed E-state index contributed by atoms with van der Waals surface area (Å²) in [4.78, 5) is 11.8. The molecule has 0 amide bonds. The van der Waals surface area contributed by atoms with E-state index in [9.17, 15) is 4.79 Å². The third kappa shape index (κ3) is 11.6. The fraction of sp³-hybridized carbons (Fsp3) is 0.844. The third-order valence-electron chi connectivity index (χ3n) is 8.41. The van der Waals surface area contributed by atoms with Crippen LogP contribution >= 0.6 is 15.9 Å². The monoisotopic (exact) mass is 612 g/mol. The molecule has 224 valence electrons. The van der Waals surface area contributed by atoms with Crippen molar-refractivity contribution >= 4 is 21.9 Å². The molecule has 6 nitrogen and oxygen atoms in total. The standard InChI is InChI=1S/C32H53BrO6/c1-4-5-14-24(2)28(38-31-17-10-12-21-36-31)20-19-26-25(15-8-6-7-9-16-30(34)35-3)27(33)23-29(26)39-32-18-11-13-22-37-32/h6,8,19-20,24-29,31-32H,4-5,7,9-18,21-23H2,1-3H3/b8-6-,20-19+/t24?,25-,26-,27-,28-,29-,31?,32?/m1/s1. The van der Waals surface area contributed by atoms with E-state index < -0.39 is 0 Å². The zero-order chi connectivity index (χ0) is 27.9. The van der Waals surface area contributed by atoms with Crippen LogP contribution in [0, 0.1) is 17.8 Å². The summed E-state index contributed by atoms with van der Waals surface area (Å²) in [5.74, 6) is 0.987. The van der Waals surface area contributed by atoms with Crippen LogP contribution in [0.4, 0.5) is 0 Å². The van der Waals surface area contributed by atoms with Crippen LogP contribution < -0.4 is 0 Å². The molecule has 2 aliphatic heterocycles. The van der Waals surface area contributed by atoms with E-state index >= 15 is 0 Å². The molecule has 3 unspecified atom stereocenters. The zero-order valence-electron chi connectivity index (χ0n) is 24.6. The Kier molecular flexibility index (Phi) is 15.7. The van der Waals surface area contributed by atoms with E-state index in [-0.39, 0.29) is 36.7 Å². The molecule has 3 fully saturated rings. The second-order valence-corrected chi connectivity index (χ2v) is 12.7. The van der Waals surface area contributed by atoms with Crippen molar-refractivity contribution in [1.82, 2.24) is 0 Å². The lowest BCUT2D eigenvalue weighted by atomic mass is 9.89. The van der Waals surface area contributed by atoms with Crippen LogP contribution in [-0.4, -0.2) is 55.9 Å². The summed E-state index contributed by atoms with van der Waals surface area (Å²) in [5.41, 5.74) is 0. The minimum absolute atomic E-state index is 0.0371. The molecule has 39 heavy (non-hydrogen) atoms. The normalized spacial score (nSPS) is 31.6. The molecule has 0 N–H and O–H groups in total. The zero-order valence-corrected chi connectivity index (χ0v) is 26.2. The Morgan fingerprint density at radius 2 is 1.79 bits per heavy atom. The summed E-state index contributed by atoms with van der Waals surface area (Å²) in [6.45, 7) is 6.15. The van der Waals surface area contributed by atoms with Gasteiger partial charge in [0.05, 0.1) is 19.3 Å². The minimum Gasteiger partial charge on any atom is -0.469 e. The highest BCUT2D eigenvalue weighted by Crippen LogP contribution is 2.43. The van der Waals surface area contributed by atoms with Crippen LogP contribution in [0.2, 0.25) is 0 Å². The van der Waals surface area contributed by atoms with Crippen LogP contribution in [0.15, 0.2) is 24.3 Å². The van der Waals surface area contributed by atoms with Gasteiger partial charge in [0, 0.05) is 30.4 Å². The molecule has 7 heteroatoms. The van der Waals surface area contributed by atoms with Crippen molar-refractivity contribution in [3.05, 3.63) is 24.3 Å². The lowest BCUT2D eigenvalue weighted by Crippen LogP contribution is -2.32. The van der Waals surface area contributed by atoms with Crippen LogP contribution in [0.25, 0.3) is 0 Å². The molecule has 0 aromatic carbocycles. The van der Waals surface area contributed by atoms with E-state index in [0.717, 1.165) is 71.0 Å². The van der Waals surface area contributed by atoms with Crippen LogP contribution in [0.5, 0.6) is 0 Å². The number of hydrogen-bond acceptors (Lipinski definition) is 6. The van der Waals surface area contributed by atoms with Gasteiger partial charge in [-0.25, -0.2) is 0 Å². The van der Waals surface area contributed by atoms with Gasteiger partial charge in [0.2, 0.25) is 0 Å². The first-order valence-electron chi connectivity index (χ1n) is 15.6. The third-order valence-corrected chi connectivity index (χ3v) is 9.46. The predicted molar refractivity (Wildman–Crippen MR) is 159 cm³/mol. The van der Waals surface area contributed by atoms with Crippen LogP contribution in [0.3, 0.4) is 0 Å². The van der Waals surface area contributed by atoms with Gasteiger partial charge in [0.25, 0.3) is 0 Å². The van der Waals surface area contributed by atoms with Crippen molar-refractivity contribution in [2.45, 2.75) is 133 Å². The number of ether oxygens (including phenoxy) is 5. The summed E-state index contributed by atoms with van der Waals surface area (Å²) >= 11 is 4.01. The Bertz CT molecular complexity index is 730. The van der Waals surface area contributed by atoms with E-state index in [4.69, 9.17) is 23.7 Å². The van der Waals surface area contributed by atoms with Gasteiger partial charge in [-0.05, 0) is 82.5 Å². The van der Waals surface area contributed by atoms with Gasteiger partial charge in [0.1, 0.15) is 0 Å². The molecule has 1 aliphatic carbocycles. The number of esters is 1. The molecule has 3 rings (SSSR count). The van der Waals surface area contributed by atoms with Gasteiger partial charge in [0.15, 0.2) is 12.6 Å². The van der Waals surface area contributed by atoms with Gasteiger partial charge in [-0.15, -0.1) is 0 Å². The average Bonchev–Trinajstić information content (AvgIpc) is 3.25. The predicted octanol–water partition coefficient (Wildman–Crippen LogP) is 7.88. The minimum atomic E-state index is -0.140. The van der Waals surface area contributed by atoms with E-state index in [1.807, 2.05) is 0 Å². The van der Waals surface area contributed by atoms with Gasteiger partial charge < -0.3 is 23.7 Å². The molecule has 2 saturated heterocycles. The van der Waals surface area contributed by atoms with Crippen LogP contribution in [0.1, 0.15) is 104 Å². The molecule has 0 spiro atoms. The Balaban J connectivity index is 1.69. The second-order valence-electron chi connectivity index (χ2n) is 11.5. The maximum atomic E-state index is 11.4. The molecular weight excluding hydrogens is 560 g/mol. The number of methoxy groups -OCH3 is 1. The fourth-order valence-corrected chi connectivity index (χ4v) is 6.87. The number of carbonyl (C=O) groups is 1. The number of hydrogen-bond donors (Lipinski definition) is 0. The summed E-state index contributed by atoms with van der Waals surface area (Å²) in [6, 6.07) is 0. The van der Waals surface area contributed by atoms with Gasteiger partial charge in [-0.2, -0.15) is 0 Å². The SMILES string of the molecule is CCCCC(C)[C@@H](/C=C/[C@@H]1[C@@H](C/C=C\CCCC(=O)OC)[C@H](Br)C[C@H]1OC1CCCCO1)OC1CCCCO1. The first-order valence-corrected chi connectivity index (χ1v) is 16.5. The van der Waals surface area contributed by atoms with Gasteiger partial charge in [-0.1, -0.05) is 66.9 Å². The Hall–Kier alpha value is -0.730. The maximum absolute atomic E-state index is 11.4. The Morgan fingerprint density at radius 1 is 1.05 bits per heavy atom. The topological polar surface area (TPSA) is 63.2 Å². The molecule has 0 aromatic rings. The van der Waals surface area contributed by atoms with Gasteiger partial charge in [-0.3, -0.25) is 4.79 Å². The highest BCUT2D eigenvalue weighted by molar-refractivity contribution is 9.09. The Labute approximate surface area is 245 Å². The molecule has 0 aromatic heterocycles. The Morgan fingerprint density at radius 3 is 2.46 bits per heavy atom. The molecule has 0 radical (unpaired) electrons. The van der Waals surface area contributed by atoms with Crippen molar-refractivity contribution in [2.24, 2.45) is 17.8 Å². The first-order chi connectivity index (χ1) is 19.0. The highest BCUT2D eigenvalue weighted by atomic mass is 79.9. The smallest absolute Gasteiger partial charge is 0.305 e. The van der Waals surface area contributed by atoms with E-state index in [2.05, 4.69) is 54.1 Å². The van der Waals surface area contributed by atoms with E-state index in [0.29, 0.717) is 23.1 Å². The number of unbranched alkanes of at least 4 members (excludes halogenated alkanes) is 2. The van der Waals surface area contributed by atoms with E-state index in [1.54, 1.807) is 0 Å². The number of allylic oxidation sites excluding steroid dienone is 2. The molecule has 2 heterocycles. The number of rotatable bonds is 16. The maximum Gasteiger partial charge on any atom is 0.305 e. The largest absolute Gasteiger partial charge is 0.469 e. The lowest BCUT2D eigenvalue weighted by Gasteiger charge is -2.31. The second kappa shape index (κ2) is 18.7. The molecule has 3 aliphatic rings. The number of carbonyl (C=O) groups excluding carboxylic acids is 1. The highest BCUT2D eigenvalue weighted by Gasteiger charge is 2.42. The van der Waals surface area contributed by atoms with Crippen molar-refractivity contribution < 1.29 is 28.5 Å². The van der Waals surface area contributed by atoms with E-state index in [1.165, 1.54) is 32.8 Å². The first kappa shape index (κ1) is 32.8. The quantitative estimate of drug-likeness (QED) is 0.0764. The molecule has 0 bridgehead atoms. The van der Waals surface area contributed by atoms with Crippen molar-refractivity contribution in [1.29, 1.82) is 0 Å². The molecular formula is C32H53BrO6. The van der Waals surface area contributed by atoms with Crippen molar-refractivity contribution in [2.75, 3.05) is 20.3 Å². The van der Waals surface area contributed by atoms with Crippen molar-refractivity contribution in [3.8, 4) is 0 Å². The summed E-state index contributed by atoms with van der Waals surface area (Å²) < 4.78 is 29.9. The summed E-state index contributed by atoms with van der Waals surface area (Å²) in [7, 11) is 1.45. The number of halogens is 1. The summed E-state index contributed by atoms with van der Waals surface area (Å²) in [5, 5.41) is 0. The fourth-order valence-electron chi connectivity index (χ4n) is 5.93. The molecule has 1 saturated carbocycles. The lowest BCUT2D eigenvalue weighted by molar-refractivity contribution is -0.193. The summed E-state index contributed by atoms with van der Waals surface area (Å²) in [6.07, 6.45) is 23.4. The number of alkyl halides is 1. The van der Waals surface area contributed by atoms with Gasteiger partial charge >= 0.3 is 5.97 Å².